The number of benzene rings is 2. The molecule has 0 fully saturated rings. The summed E-state index contributed by atoms with van der Waals surface area (Å²) in [6.45, 7) is 4.37. The van der Waals surface area contributed by atoms with Crippen LogP contribution in [0.5, 0.6) is 28.7 Å². The van der Waals surface area contributed by atoms with Crippen molar-refractivity contribution in [3.05, 3.63) is 46.5 Å². The lowest BCUT2D eigenvalue weighted by Crippen LogP contribution is -2.29. The van der Waals surface area contributed by atoms with E-state index in [2.05, 4.69) is 0 Å². The summed E-state index contributed by atoms with van der Waals surface area (Å²) in [6, 6.07) is 5.18. The Hall–Kier alpha value is -3.15. The summed E-state index contributed by atoms with van der Waals surface area (Å²) in [4.78, 5) is 11.5. The van der Waals surface area contributed by atoms with Crippen LogP contribution in [0.15, 0.2) is 24.3 Å². The van der Waals surface area contributed by atoms with Gasteiger partial charge in [0.05, 0.1) is 36.3 Å². The van der Waals surface area contributed by atoms with Gasteiger partial charge < -0.3 is 24.1 Å². The van der Waals surface area contributed by atoms with Crippen LogP contribution in [-0.2, 0) is 0 Å². The van der Waals surface area contributed by atoms with Crippen molar-refractivity contribution in [2.75, 3.05) is 13.7 Å². The molecule has 3 aliphatic rings. The van der Waals surface area contributed by atoms with Gasteiger partial charge >= 0.3 is 0 Å². The maximum absolute atomic E-state index is 11.5. The largest absolute Gasteiger partial charge is 0.507 e. The molecule has 0 saturated heterocycles. The molecule has 3 heterocycles. The van der Waals surface area contributed by atoms with E-state index < -0.39 is 5.60 Å². The highest BCUT2D eigenvalue weighted by molar-refractivity contribution is 5.85. The van der Waals surface area contributed by atoms with Gasteiger partial charge in [0, 0.05) is 11.6 Å². The molecule has 144 valence electrons. The van der Waals surface area contributed by atoms with Crippen molar-refractivity contribution in [1.82, 2.24) is 0 Å². The predicted octanol–water partition coefficient (Wildman–Crippen LogP) is 4.01. The predicted molar refractivity (Wildman–Crippen MR) is 102 cm³/mol. The van der Waals surface area contributed by atoms with Crippen LogP contribution < -0.4 is 18.9 Å². The second-order valence-corrected chi connectivity index (χ2v) is 7.76. The molecule has 2 atom stereocenters. The van der Waals surface area contributed by atoms with Crippen molar-refractivity contribution in [1.29, 1.82) is 0 Å². The number of aldehydes is 1. The lowest BCUT2D eigenvalue weighted by Gasteiger charge is -2.34. The average molecular weight is 380 g/mol. The SMILES string of the molecule is COc1c2c(cc3c1C1Oc4c(ccc(O)c4C=O)C1CO3)OC(C)(C)C=C2. The zero-order valence-corrected chi connectivity index (χ0v) is 15.8. The first-order valence-electron chi connectivity index (χ1n) is 9.17. The number of phenolic OH excluding ortho intramolecular Hbond substituents is 1. The Labute approximate surface area is 162 Å². The summed E-state index contributed by atoms with van der Waals surface area (Å²) in [7, 11) is 1.61. The zero-order valence-electron chi connectivity index (χ0n) is 15.8. The first-order valence-corrected chi connectivity index (χ1v) is 9.17. The molecule has 0 amide bonds. The fraction of sp³-hybridized carbons (Fsp3) is 0.318. The molecule has 0 spiro atoms. The molecule has 6 nitrogen and oxygen atoms in total. The van der Waals surface area contributed by atoms with Crippen molar-refractivity contribution in [3.63, 3.8) is 0 Å². The van der Waals surface area contributed by atoms with Crippen molar-refractivity contribution in [2.24, 2.45) is 0 Å². The van der Waals surface area contributed by atoms with Gasteiger partial charge in [-0.1, -0.05) is 6.07 Å². The maximum Gasteiger partial charge on any atom is 0.157 e. The molecule has 0 aliphatic carbocycles. The number of phenols is 1. The number of carbonyl (C=O) groups excluding carboxylic acids is 1. The smallest absolute Gasteiger partial charge is 0.157 e. The van der Waals surface area contributed by atoms with Crippen LogP contribution in [-0.4, -0.2) is 30.7 Å². The summed E-state index contributed by atoms with van der Waals surface area (Å²) in [5.41, 5.74) is 2.22. The van der Waals surface area contributed by atoms with E-state index in [1.165, 1.54) is 6.07 Å². The topological polar surface area (TPSA) is 74.2 Å². The number of ether oxygens (including phenoxy) is 4. The molecule has 28 heavy (non-hydrogen) atoms. The number of methoxy groups -OCH3 is 1. The Morgan fingerprint density at radius 3 is 2.86 bits per heavy atom. The van der Waals surface area contributed by atoms with E-state index >= 15 is 0 Å². The summed E-state index contributed by atoms with van der Waals surface area (Å²) in [5, 5.41) is 10.0. The highest BCUT2D eigenvalue weighted by Gasteiger charge is 2.45. The van der Waals surface area contributed by atoms with Gasteiger partial charge in [-0.3, -0.25) is 4.79 Å². The minimum atomic E-state index is -0.417. The second kappa shape index (κ2) is 5.67. The van der Waals surface area contributed by atoms with Crippen LogP contribution >= 0.6 is 0 Å². The molecule has 1 N–H and O–H groups in total. The molecule has 0 aromatic heterocycles. The van der Waals surface area contributed by atoms with Gasteiger partial charge in [0.25, 0.3) is 0 Å². The molecule has 0 saturated carbocycles. The normalized spacial score (nSPS) is 22.5. The number of hydrogen-bond acceptors (Lipinski definition) is 6. The van der Waals surface area contributed by atoms with Crippen LogP contribution in [0.4, 0.5) is 0 Å². The van der Waals surface area contributed by atoms with Crippen LogP contribution in [0.1, 0.15) is 52.9 Å². The van der Waals surface area contributed by atoms with Gasteiger partial charge in [0.1, 0.15) is 40.5 Å². The van der Waals surface area contributed by atoms with Gasteiger partial charge in [-0.25, -0.2) is 0 Å². The molecule has 3 aliphatic heterocycles. The van der Waals surface area contributed by atoms with E-state index in [9.17, 15) is 9.90 Å². The zero-order chi connectivity index (χ0) is 19.6. The van der Waals surface area contributed by atoms with Crippen molar-refractivity contribution in [3.8, 4) is 28.7 Å². The Bertz CT molecular complexity index is 1040. The molecule has 2 unspecified atom stereocenters. The van der Waals surface area contributed by atoms with Crippen LogP contribution in [0, 0.1) is 0 Å². The highest BCUT2D eigenvalue weighted by Crippen LogP contribution is 2.57. The molecular formula is C22H20O6. The van der Waals surface area contributed by atoms with Gasteiger partial charge in [0.15, 0.2) is 6.29 Å². The van der Waals surface area contributed by atoms with E-state index in [0.717, 1.165) is 16.7 Å². The van der Waals surface area contributed by atoms with Crippen LogP contribution in [0.2, 0.25) is 0 Å². The van der Waals surface area contributed by atoms with Crippen molar-refractivity contribution >= 4 is 12.4 Å². The van der Waals surface area contributed by atoms with Gasteiger partial charge in [-0.05, 0) is 32.1 Å². The van der Waals surface area contributed by atoms with E-state index in [0.29, 0.717) is 35.9 Å². The lowest BCUT2D eigenvalue weighted by molar-refractivity contribution is 0.110. The van der Waals surface area contributed by atoms with E-state index in [4.69, 9.17) is 18.9 Å². The van der Waals surface area contributed by atoms with Gasteiger partial charge in [0.2, 0.25) is 0 Å². The highest BCUT2D eigenvalue weighted by atomic mass is 16.5. The number of carbonyl (C=O) groups is 1. The number of rotatable bonds is 2. The molecule has 6 heteroatoms. The van der Waals surface area contributed by atoms with Crippen molar-refractivity contribution < 1.29 is 28.8 Å². The van der Waals surface area contributed by atoms with Crippen molar-refractivity contribution in [2.45, 2.75) is 31.5 Å². The summed E-state index contributed by atoms with van der Waals surface area (Å²) in [6.07, 6.45) is 4.23. The fourth-order valence-electron chi connectivity index (χ4n) is 4.23. The molecule has 2 aromatic rings. The minimum Gasteiger partial charge on any atom is -0.507 e. The molecule has 2 aromatic carbocycles. The standard InChI is InChI=1S/C22H20O6/c1-22(2)7-6-12-16(28-22)8-17-18(20(12)25-3)21-14(10-26-17)11-4-5-15(24)13(9-23)19(11)27-21/h4-9,14,21,24H,10H2,1-3H3. The summed E-state index contributed by atoms with van der Waals surface area (Å²) >= 11 is 0. The van der Waals surface area contributed by atoms with Crippen LogP contribution in [0.25, 0.3) is 6.08 Å². The maximum atomic E-state index is 11.5. The Balaban J connectivity index is 1.68. The fourth-order valence-corrected chi connectivity index (χ4v) is 4.23. The van der Waals surface area contributed by atoms with E-state index in [1.807, 2.05) is 32.1 Å². The third-order valence-corrected chi connectivity index (χ3v) is 5.54. The third kappa shape index (κ3) is 2.24. The first kappa shape index (κ1) is 17.0. The van der Waals surface area contributed by atoms with Crippen LogP contribution in [0.3, 0.4) is 0 Å². The Morgan fingerprint density at radius 2 is 2.11 bits per heavy atom. The van der Waals surface area contributed by atoms with Gasteiger partial charge in [-0.15, -0.1) is 0 Å². The first-order chi connectivity index (χ1) is 13.4. The minimum absolute atomic E-state index is 0.0930. The Morgan fingerprint density at radius 1 is 1.29 bits per heavy atom. The lowest BCUT2D eigenvalue weighted by atomic mass is 9.86. The van der Waals surface area contributed by atoms with E-state index in [1.54, 1.807) is 13.2 Å². The number of fused-ring (bicyclic) bond motifs is 6. The summed E-state index contributed by atoms with van der Waals surface area (Å²) in [5.74, 6) is 2.20. The monoisotopic (exact) mass is 380 g/mol. The quantitative estimate of drug-likeness (QED) is 0.794. The average Bonchev–Trinajstić information content (AvgIpc) is 3.03. The van der Waals surface area contributed by atoms with Gasteiger partial charge in [-0.2, -0.15) is 0 Å². The second-order valence-electron chi connectivity index (χ2n) is 7.76. The number of hydrogen-bond donors (Lipinski definition) is 1. The summed E-state index contributed by atoms with van der Waals surface area (Å²) < 4.78 is 24.1. The van der Waals surface area contributed by atoms with E-state index in [-0.39, 0.29) is 23.3 Å². The number of aromatic hydroxyl groups is 1. The molecule has 0 radical (unpaired) electrons. The molecule has 0 bridgehead atoms. The molecular weight excluding hydrogens is 360 g/mol. The Kier molecular flexibility index (Phi) is 3.44. The third-order valence-electron chi connectivity index (χ3n) is 5.54. The molecule has 5 rings (SSSR count).